The molecule has 6 heteroatoms. The number of thioether (sulfide) groups is 1. The molecular weight excluding hydrogens is 358 g/mol. The lowest BCUT2D eigenvalue weighted by Crippen LogP contribution is -2.45. The Labute approximate surface area is 164 Å². The van der Waals surface area contributed by atoms with Crippen molar-refractivity contribution in [3.05, 3.63) is 34.6 Å². The summed E-state index contributed by atoms with van der Waals surface area (Å²) in [6, 6.07) is 7.41. The van der Waals surface area contributed by atoms with E-state index in [2.05, 4.69) is 4.98 Å². The number of rotatable bonds is 4. The van der Waals surface area contributed by atoms with Gasteiger partial charge >= 0.3 is 0 Å². The standard InChI is InChI=1S/C21H27N3O2S/c1-2-24-20(26)17-9-5-6-10-18(17)22-21(24)27-14-19(25)23-12-11-15-7-3-4-8-16(15)13-23/h5-6,9-10,15-16H,2-4,7-8,11-14H2,1H3/t15-,16+/m0/s1. The number of benzene rings is 1. The van der Waals surface area contributed by atoms with Gasteiger partial charge in [-0.15, -0.1) is 0 Å². The van der Waals surface area contributed by atoms with Crippen molar-refractivity contribution in [2.45, 2.75) is 50.7 Å². The van der Waals surface area contributed by atoms with E-state index in [1.165, 1.54) is 37.4 Å². The normalized spacial score (nSPS) is 22.6. The van der Waals surface area contributed by atoms with E-state index in [1.807, 2.05) is 36.1 Å². The molecule has 1 saturated heterocycles. The van der Waals surface area contributed by atoms with Crippen LogP contribution in [0.5, 0.6) is 0 Å². The molecule has 0 spiro atoms. The molecule has 2 atom stereocenters. The van der Waals surface area contributed by atoms with Crippen LogP contribution in [0, 0.1) is 11.8 Å². The minimum atomic E-state index is -0.0268. The zero-order valence-electron chi connectivity index (χ0n) is 15.9. The maximum Gasteiger partial charge on any atom is 0.262 e. The monoisotopic (exact) mass is 385 g/mol. The molecule has 1 saturated carbocycles. The molecule has 2 fully saturated rings. The minimum Gasteiger partial charge on any atom is -0.342 e. The van der Waals surface area contributed by atoms with Crippen molar-refractivity contribution < 1.29 is 4.79 Å². The maximum atomic E-state index is 12.8. The van der Waals surface area contributed by atoms with E-state index in [4.69, 9.17) is 0 Å². The van der Waals surface area contributed by atoms with Crippen molar-refractivity contribution in [2.24, 2.45) is 11.8 Å². The first-order chi connectivity index (χ1) is 13.2. The molecule has 1 amide bonds. The Morgan fingerprint density at radius 2 is 1.96 bits per heavy atom. The van der Waals surface area contributed by atoms with Crippen LogP contribution in [0.25, 0.3) is 10.9 Å². The molecule has 0 unspecified atom stereocenters. The highest BCUT2D eigenvalue weighted by Gasteiger charge is 2.32. The van der Waals surface area contributed by atoms with Gasteiger partial charge in [0.25, 0.3) is 5.56 Å². The van der Waals surface area contributed by atoms with Gasteiger partial charge in [-0.05, 0) is 43.7 Å². The molecule has 5 nitrogen and oxygen atoms in total. The van der Waals surface area contributed by atoms with Crippen molar-refractivity contribution >= 4 is 28.6 Å². The number of amides is 1. The van der Waals surface area contributed by atoms with Gasteiger partial charge in [-0.25, -0.2) is 4.98 Å². The van der Waals surface area contributed by atoms with Crippen LogP contribution in [-0.4, -0.2) is 39.2 Å². The van der Waals surface area contributed by atoms with Crippen molar-refractivity contribution in [1.29, 1.82) is 0 Å². The SMILES string of the molecule is CCn1c(SCC(=O)N2CC[C@@H]3CCCC[C@@H]3C2)nc2ccccc2c1=O. The van der Waals surface area contributed by atoms with Gasteiger partial charge in [-0.1, -0.05) is 43.2 Å². The first kappa shape index (κ1) is 18.5. The molecule has 1 aliphatic carbocycles. The van der Waals surface area contributed by atoms with Gasteiger partial charge in [0.2, 0.25) is 5.91 Å². The summed E-state index contributed by atoms with van der Waals surface area (Å²) in [5, 5.41) is 1.27. The average Bonchev–Trinajstić information content (AvgIpc) is 2.71. The number of aromatic nitrogens is 2. The highest BCUT2D eigenvalue weighted by molar-refractivity contribution is 7.99. The zero-order valence-corrected chi connectivity index (χ0v) is 16.7. The lowest BCUT2D eigenvalue weighted by Gasteiger charge is -2.41. The van der Waals surface area contributed by atoms with Gasteiger partial charge in [0.1, 0.15) is 0 Å². The molecule has 27 heavy (non-hydrogen) atoms. The number of hydrogen-bond acceptors (Lipinski definition) is 4. The summed E-state index contributed by atoms with van der Waals surface area (Å²) in [6.07, 6.45) is 6.41. The third-order valence-electron chi connectivity index (χ3n) is 6.11. The van der Waals surface area contributed by atoms with E-state index in [-0.39, 0.29) is 11.5 Å². The average molecular weight is 386 g/mol. The third-order valence-corrected chi connectivity index (χ3v) is 7.07. The summed E-state index contributed by atoms with van der Waals surface area (Å²) in [7, 11) is 0. The highest BCUT2D eigenvalue weighted by atomic mass is 32.2. The second kappa shape index (κ2) is 8.05. The first-order valence-corrected chi connectivity index (χ1v) is 11.1. The number of piperidine rings is 1. The fraction of sp³-hybridized carbons (Fsp3) is 0.571. The highest BCUT2D eigenvalue weighted by Crippen LogP contribution is 2.36. The van der Waals surface area contributed by atoms with Crippen molar-refractivity contribution in [3.8, 4) is 0 Å². The van der Waals surface area contributed by atoms with E-state index < -0.39 is 0 Å². The van der Waals surface area contributed by atoms with Gasteiger partial charge in [0.15, 0.2) is 5.16 Å². The summed E-state index contributed by atoms with van der Waals surface area (Å²) in [6.45, 7) is 4.29. The molecule has 0 N–H and O–H groups in total. The molecule has 1 aliphatic heterocycles. The number of carbonyl (C=O) groups is 1. The predicted molar refractivity (Wildman–Crippen MR) is 109 cm³/mol. The van der Waals surface area contributed by atoms with Crippen LogP contribution in [0.2, 0.25) is 0 Å². The quantitative estimate of drug-likeness (QED) is 0.597. The van der Waals surface area contributed by atoms with Crippen LogP contribution in [0.1, 0.15) is 39.0 Å². The van der Waals surface area contributed by atoms with Crippen LogP contribution >= 0.6 is 11.8 Å². The molecule has 2 aromatic rings. The number of carbonyl (C=O) groups excluding carboxylic acids is 1. The van der Waals surface area contributed by atoms with Gasteiger partial charge in [0, 0.05) is 19.6 Å². The van der Waals surface area contributed by atoms with E-state index in [0.717, 1.165) is 25.4 Å². The Balaban J connectivity index is 1.47. The number of nitrogens with zero attached hydrogens (tertiary/aromatic N) is 3. The van der Waals surface area contributed by atoms with Crippen LogP contribution in [-0.2, 0) is 11.3 Å². The number of likely N-dealkylation sites (tertiary alicyclic amines) is 1. The lowest BCUT2D eigenvalue weighted by atomic mass is 9.75. The Kier molecular flexibility index (Phi) is 5.53. The van der Waals surface area contributed by atoms with Gasteiger partial charge in [0.05, 0.1) is 16.7 Å². The Bertz CT molecular complexity index is 895. The fourth-order valence-corrected chi connectivity index (χ4v) is 5.55. The second-order valence-electron chi connectivity index (χ2n) is 7.68. The third kappa shape index (κ3) is 3.77. The topological polar surface area (TPSA) is 55.2 Å². The number of fused-ring (bicyclic) bond motifs is 2. The Morgan fingerprint density at radius 1 is 1.19 bits per heavy atom. The molecule has 2 aliphatic rings. The Hall–Kier alpha value is -1.82. The summed E-state index contributed by atoms with van der Waals surface area (Å²) >= 11 is 1.39. The number of para-hydroxylation sites is 1. The predicted octanol–water partition coefficient (Wildman–Crippen LogP) is 3.55. The lowest BCUT2D eigenvalue weighted by molar-refractivity contribution is -0.131. The van der Waals surface area contributed by atoms with Crippen molar-refractivity contribution in [2.75, 3.05) is 18.8 Å². The van der Waals surface area contributed by atoms with Crippen LogP contribution in [0.3, 0.4) is 0 Å². The molecule has 4 rings (SSSR count). The fourth-order valence-electron chi connectivity index (χ4n) is 4.58. The van der Waals surface area contributed by atoms with E-state index >= 15 is 0 Å². The van der Waals surface area contributed by atoms with Crippen LogP contribution < -0.4 is 5.56 Å². The summed E-state index contributed by atoms with van der Waals surface area (Å²) in [5.74, 6) is 2.04. The minimum absolute atomic E-state index is 0.0268. The van der Waals surface area contributed by atoms with Crippen LogP contribution in [0.15, 0.2) is 34.2 Å². The van der Waals surface area contributed by atoms with Gasteiger partial charge < -0.3 is 4.90 Å². The van der Waals surface area contributed by atoms with Crippen molar-refractivity contribution in [1.82, 2.24) is 14.5 Å². The zero-order chi connectivity index (χ0) is 18.8. The van der Waals surface area contributed by atoms with Gasteiger partial charge in [-0.3, -0.25) is 14.2 Å². The molecule has 144 valence electrons. The Morgan fingerprint density at radius 3 is 2.78 bits per heavy atom. The smallest absolute Gasteiger partial charge is 0.262 e. The van der Waals surface area contributed by atoms with E-state index in [0.29, 0.717) is 34.3 Å². The molecular formula is C21H27N3O2S. The van der Waals surface area contributed by atoms with E-state index in [9.17, 15) is 9.59 Å². The molecule has 1 aromatic carbocycles. The summed E-state index contributed by atoms with van der Waals surface area (Å²) in [4.78, 5) is 32.2. The van der Waals surface area contributed by atoms with Gasteiger partial charge in [-0.2, -0.15) is 0 Å². The molecule has 1 aromatic heterocycles. The van der Waals surface area contributed by atoms with E-state index in [1.54, 1.807) is 4.57 Å². The van der Waals surface area contributed by atoms with Crippen LogP contribution in [0.4, 0.5) is 0 Å². The molecule has 0 radical (unpaired) electrons. The van der Waals surface area contributed by atoms with Crippen molar-refractivity contribution in [3.63, 3.8) is 0 Å². The second-order valence-corrected chi connectivity index (χ2v) is 8.63. The maximum absolute atomic E-state index is 12.8. The summed E-state index contributed by atoms with van der Waals surface area (Å²) < 4.78 is 1.67. The first-order valence-electron chi connectivity index (χ1n) is 10.1. The summed E-state index contributed by atoms with van der Waals surface area (Å²) in [5.41, 5.74) is 0.672. The molecule has 0 bridgehead atoms. The largest absolute Gasteiger partial charge is 0.342 e. The molecule has 2 heterocycles. The number of hydrogen-bond donors (Lipinski definition) is 0.